The Morgan fingerprint density at radius 3 is 2.17 bits per heavy atom. The molecule has 0 saturated heterocycles. The molecular weight excluding hydrogens is 342 g/mol. The van der Waals surface area contributed by atoms with Crippen LogP contribution in [0, 0.1) is 5.82 Å². The molecule has 0 aromatic heterocycles. The fraction of sp³-hybridized carbons (Fsp3) is 0.125. The van der Waals surface area contributed by atoms with Gasteiger partial charge in [-0.2, -0.15) is 0 Å². The van der Waals surface area contributed by atoms with E-state index < -0.39 is 11.7 Å². The Bertz CT molecular complexity index is 724. The van der Waals surface area contributed by atoms with Crippen molar-refractivity contribution in [2.45, 2.75) is 0 Å². The number of carbonyl (C=O) groups excluding carboxylic acids is 2. The van der Waals surface area contributed by atoms with E-state index in [1.807, 2.05) is 6.07 Å². The summed E-state index contributed by atoms with van der Waals surface area (Å²) in [5.74, 6) is -1.51. The molecule has 120 valence electrons. The van der Waals surface area contributed by atoms with Gasteiger partial charge in [-0.25, -0.2) is 4.39 Å². The SMILES string of the molecule is O=C(NCCNC(=O)c1cc(F)c(Cl)cc1Cl)c1ccccc1. The third-order valence-corrected chi connectivity index (χ3v) is 3.59. The minimum absolute atomic E-state index is 0.0112. The van der Waals surface area contributed by atoms with Crippen LogP contribution >= 0.6 is 23.2 Å². The molecule has 2 aromatic carbocycles. The van der Waals surface area contributed by atoms with Crippen molar-refractivity contribution in [3.8, 4) is 0 Å². The molecular formula is C16H13Cl2FN2O2. The highest BCUT2D eigenvalue weighted by Crippen LogP contribution is 2.24. The molecule has 2 N–H and O–H groups in total. The van der Waals surface area contributed by atoms with E-state index in [4.69, 9.17) is 23.2 Å². The highest BCUT2D eigenvalue weighted by molar-refractivity contribution is 6.36. The Labute approximate surface area is 142 Å². The number of hydrogen-bond donors (Lipinski definition) is 2. The first-order chi connectivity index (χ1) is 11.0. The quantitative estimate of drug-likeness (QED) is 0.639. The van der Waals surface area contributed by atoms with Crippen molar-refractivity contribution in [2.24, 2.45) is 0 Å². The monoisotopic (exact) mass is 354 g/mol. The van der Waals surface area contributed by atoms with Crippen LogP contribution in [0.3, 0.4) is 0 Å². The van der Waals surface area contributed by atoms with Crippen LogP contribution in [0.25, 0.3) is 0 Å². The lowest BCUT2D eigenvalue weighted by molar-refractivity contribution is 0.0927. The van der Waals surface area contributed by atoms with Crippen molar-refractivity contribution < 1.29 is 14.0 Å². The van der Waals surface area contributed by atoms with E-state index in [0.29, 0.717) is 5.56 Å². The number of nitrogens with one attached hydrogen (secondary N) is 2. The van der Waals surface area contributed by atoms with Crippen LogP contribution in [-0.2, 0) is 0 Å². The van der Waals surface area contributed by atoms with Crippen molar-refractivity contribution in [2.75, 3.05) is 13.1 Å². The van der Waals surface area contributed by atoms with Gasteiger partial charge in [0.15, 0.2) is 0 Å². The molecule has 0 unspecified atom stereocenters. The van der Waals surface area contributed by atoms with Crippen molar-refractivity contribution >= 4 is 35.0 Å². The van der Waals surface area contributed by atoms with Crippen molar-refractivity contribution in [3.05, 3.63) is 69.5 Å². The molecule has 2 aromatic rings. The molecule has 0 aliphatic rings. The molecule has 4 nitrogen and oxygen atoms in total. The van der Waals surface area contributed by atoms with Gasteiger partial charge >= 0.3 is 0 Å². The summed E-state index contributed by atoms with van der Waals surface area (Å²) in [5.41, 5.74) is 0.518. The molecule has 0 saturated carbocycles. The van der Waals surface area contributed by atoms with E-state index in [1.165, 1.54) is 6.07 Å². The van der Waals surface area contributed by atoms with Crippen molar-refractivity contribution in [1.29, 1.82) is 0 Å². The number of benzene rings is 2. The van der Waals surface area contributed by atoms with Gasteiger partial charge in [0, 0.05) is 18.7 Å². The second kappa shape index (κ2) is 7.94. The van der Waals surface area contributed by atoms with Crippen LogP contribution in [0.1, 0.15) is 20.7 Å². The molecule has 0 spiro atoms. The van der Waals surface area contributed by atoms with Gasteiger partial charge in [-0.05, 0) is 24.3 Å². The van der Waals surface area contributed by atoms with Crippen molar-refractivity contribution in [3.63, 3.8) is 0 Å². The Hall–Kier alpha value is -2.11. The third kappa shape index (κ3) is 4.68. The zero-order valence-electron chi connectivity index (χ0n) is 11.9. The molecule has 0 heterocycles. The molecule has 0 radical (unpaired) electrons. The Kier molecular flexibility index (Phi) is 5.96. The lowest BCUT2D eigenvalue weighted by Crippen LogP contribution is -2.34. The van der Waals surface area contributed by atoms with E-state index in [0.717, 1.165) is 6.07 Å². The maximum Gasteiger partial charge on any atom is 0.252 e. The van der Waals surface area contributed by atoms with Crippen LogP contribution in [0.15, 0.2) is 42.5 Å². The lowest BCUT2D eigenvalue weighted by Gasteiger charge is -2.09. The van der Waals surface area contributed by atoms with Crippen LogP contribution in [0.2, 0.25) is 10.0 Å². The molecule has 0 aliphatic carbocycles. The zero-order chi connectivity index (χ0) is 16.8. The molecule has 23 heavy (non-hydrogen) atoms. The normalized spacial score (nSPS) is 10.2. The number of carbonyl (C=O) groups is 2. The summed E-state index contributed by atoms with van der Waals surface area (Å²) in [6.45, 7) is 0.408. The number of amides is 2. The first-order valence-corrected chi connectivity index (χ1v) is 7.50. The topological polar surface area (TPSA) is 58.2 Å². The summed E-state index contributed by atoms with van der Waals surface area (Å²) >= 11 is 11.4. The number of rotatable bonds is 5. The standard InChI is InChI=1S/C16H13Cl2FN2O2/c17-12-9-13(18)14(19)8-11(12)16(23)21-7-6-20-15(22)10-4-2-1-3-5-10/h1-5,8-9H,6-7H2,(H,20,22)(H,21,23). The summed E-state index contributed by atoms with van der Waals surface area (Å²) in [6, 6.07) is 10.8. The van der Waals surface area contributed by atoms with Gasteiger partial charge < -0.3 is 10.6 Å². The maximum absolute atomic E-state index is 13.4. The second-order valence-electron chi connectivity index (χ2n) is 4.62. The van der Waals surface area contributed by atoms with Gasteiger partial charge in [-0.15, -0.1) is 0 Å². The molecule has 7 heteroatoms. The molecule has 0 fully saturated rings. The van der Waals surface area contributed by atoms with Gasteiger partial charge in [-0.3, -0.25) is 9.59 Å². The van der Waals surface area contributed by atoms with Crippen LogP contribution in [0.5, 0.6) is 0 Å². The Morgan fingerprint density at radius 1 is 0.913 bits per heavy atom. The minimum atomic E-state index is -0.724. The average Bonchev–Trinajstić information content (AvgIpc) is 2.55. The number of hydrogen-bond acceptors (Lipinski definition) is 2. The first-order valence-electron chi connectivity index (χ1n) is 6.75. The molecule has 0 atom stereocenters. The summed E-state index contributed by atoms with van der Waals surface area (Å²) in [7, 11) is 0. The Morgan fingerprint density at radius 2 is 1.52 bits per heavy atom. The largest absolute Gasteiger partial charge is 0.350 e. The van der Waals surface area contributed by atoms with Crippen LogP contribution < -0.4 is 10.6 Å². The van der Waals surface area contributed by atoms with E-state index in [1.54, 1.807) is 24.3 Å². The predicted molar refractivity (Wildman–Crippen MR) is 87.5 cm³/mol. The second-order valence-corrected chi connectivity index (χ2v) is 5.44. The fourth-order valence-corrected chi connectivity index (χ4v) is 2.30. The Balaban J connectivity index is 1.84. The molecule has 2 amide bonds. The highest BCUT2D eigenvalue weighted by atomic mass is 35.5. The van der Waals surface area contributed by atoms with E-state index in [2.05, 4.69) is 10.6 Å². The van der Waals surface area contributed by atoms with Gasteiger partial charge in [0.1, 0.15) is 5.82 Å². The third-order valence-electron chi connectivity index (χ3n) is 2.99. The highest BCUT2D eigenvalue weighted by Gasteiger charge is 2.14. The summed E-state index contributed by atoms with van der Waals surface area (Å²) in [5, 5.41) is 5.11. The smallest absolute Gasteiger partial charge is 0.252 e. The van der Waals surface area contributed by atoms with Crippen molar-refractivity contribution in [1.82, 2.24) is 10.6 Å². The summed E-state index contributed by atoms with van der Waals surface area (Å²) in [6.07, 6.45) is 0. The predicted octanol–water partition coefficient (Wildman–Crippen LogP) is 3.29. The minimum Gasteiger partial charge on any atom is -0.350 e. The van der Waals surface area contributed by atoms with Gasteiger partial charge in [-0.1, -0.05) is 41.4 Å². The van der Waals surface area contributed by atoms with E-state index in [-0.39, 0.29) is 34.6 Å². The molecule has 2 rings (SSSR count). The summed E-state index contributed by atoms with van der Waals surface area (Å²) < 4.78 is 13.4. The first kappa shape index (κ1) is 17.2. The number of halogens is 3. The van der Waals surface area contributed by atoms with Gasteiger partial charge in [0.05, 0.1) is 15.6 Å². The van der Waals surface area contributed by atoms with Crippen LogP contribution in [0.4, 0.5) is 4.39 Å². The van der Waals surface area contributed by atoms with Crippen LogP contribution in [-0.4, -0.2) is 24.9 Å². The fourth-order valence-electron chi connectivity index (χ4n) is 1.84. The van der Waals surface area contributed by atoms with E-state index >= 15 is 0 Å². The van der Waals surface area contributed by atoms with E-state index in [9.17, 15) is 14.0 Å². The van der Waals surface area contributed by atoms with Gasteiger partial charge in [0.25, 0.3) is 11.8 Å². The average molecular weight is 355 g/mol. The molecule has 0 bridgehead atoms. The lowest BCUT2D eigenvalue weighted by atomic mass is 10.2. The molecule has 0 aliphatic heterocycles. The van der Waals surface area contributed by atoms with Gasteiger partial charge in [0.2, 0.25) is 0 Å². The summed E-state index contributed by atoms with van der Waals surface area (Å²) in [4.78, 5) is 23.7. The maximum atomic E-state index is 13.4. The zero-order valence-corrected chi connectivity index (χ0v) is 13.4.